The first kappa shape index (κ1) is 20.0. The van der Waals surface area contributed by atoms with Gasteiger partial charge in [-0.15, -0.1) is 0 Å². The Morgan fingerprint density at radius 3 is 2.68 bits per heavy atom. The fourth-order valence-electron chi connectivity index (χ4n) is 3.41. The summed E-state index contributed by atoms with van der Waals surface area (Å²) < 4.78 is 0. The SMILES string of the molecule is CCCCCN(C)CC(NC(=O)c1ccc2ncccc2c1)c1ccccc1. The predicted octanol–water partition coefficient (Wildman–Crippen LogP) is 4.83. The van der Waals surface area contributed by atoms with Crippen LogP contribution in [0.4, 0.5) is 0 Å². The van der Waals surface area contributed by atoms with E-state index < -0.39 is 0 Å². The topological polar surface area (TPSA) is 45.2 Å². The number of pyridine rings is 1. The summed E-state index contributed by atoms with van der Waals surface area (Å²) in [4.78, 5) is 19.6. The molecular formula is C24H29N3O. The Balaban J connectivity index is 1.74. The molecule has 4 heteroatoms. The van der Waals surface area contributed by atoms with Crippen LogP contribution in [0.1, 0.15) is 48.1 Å². The van der Waals surface area contributed by atoms with E-state index in [1.54, 1.807) is 6.20 Å². The molecule has 1 amide bonds. The van der Waals surface area contributed by atoms with Gasteiger partial charge in [0.25, 0.3) is 5.91 Å². The van der Waals surface area contributed by atoms with E-state index >= 15 is 0 Å². The molecule has 2 aromatic carbocycles. The lowest BCUT2D eigenvalue weighted by atomic mass is 10.0. The molecule has 4 nitrogen and oxygen atoms in total. The highest BCUT2D eigenvalue weighted by atomic mass is 16.1. The van der Waals surface area contributed by atoms with Gasteiger partial charge in [-0.05, 0) is 49.8 Å². The number of hydrogen-bond donors (Lipinski definition) is 1. The summed E-state index contributed by atoms with van der Waals surface area (Å²) in [7, 11) is 2.12. The van der Waals surface area contributed by atoms with Gasteiger partial charge in [0.2, 0.25) is 0 Å². The van der Waals surface area contributed by atoms with E-state index in [-0.39, 0.29) is 11.9 Å². The molecule has 28 heavy (non-hydrogen) atoms. The summed E-state index contributed by atoms with van der Waals surface area (Å²) in [5.41, 5.74) is 2.69. The number of likely N-dealkylation sites (N-methyl/N-ethyl adjacent to an activating group) is 1. The third-order valence-corrected chi connectivity index (χ3v) is 5.01. The average Bonchev–Trinajstić information content (AvgIpc) is 2.73. The lowest BCUT2D eigenvalue weighted by molar-refractivity contribution is 0.0927. The van der Waals surface area contributed by atoms with Crippen LogP contribution in [0.25, 0.3) is 10.9 Å². The zero-order chi connectivity index (χ0) is 19.8. The van der Waals surface area contributed by atoms with E-state index in [0.29, 0.717) is 5.56 Å². The number of amides is 1. The van der Waals surface area contributed by atoms with Gasteiger partial charge in [-0.3, -0.25) is 9.78 Å². The van der Waals surface area contributed by atoms with Gasteiger partial charge in [0.05, 0.1) is 11.6 Å². The number of nitrogens with one attached hydrogen (secondary N) is 1. The van der Waals surface area contributed by atoms with Gasteiger partial charge in [0.1, 0.15) is 0 Å². The van der Waals surface area contributed by atoms with E-state index in [0.717, 1.165) is 29.6 Å². The smallest absolute Gasteiger partial charge is 0.251 e. The molecule has 0 aliphatic rings. The molecule has 3 rings (SSSR count). The third-order valence-electron chi connectivity index (χ3n) is 5.01. The lowest BCUT2D eigenvalue weighted by Gasteiger charge is -2.25. The molecular weight excluding hydrogens is 346 g/mol. The van der Waals surface area contributed by atoms with Crippen molar-refractivity contribution in [2.24, 2.45) is 0 Å². The fraction of sp³-hybridized carbons (Fsp3) is 0.333. The van der Waals surface area contributed by atoms with Crippen molar-refractivity contribution in [3.05, 3.63) is 78.0 Å². The Hall–Kier alpha value is -2.72. The second-order valence-corrected chi connectivity index (χ2v) is 7.32. The van der Waals surface area contributed by atoms with Crippen molar-refractivity contribution in [2.75, 3.05) is 20.1 Å². The molecule has 1 unspecified atom stereocenters. The Labute approximate surface area is 167 Å². The van der Waals surface area contributed by atoms with Crippen molar-refractivity contribution in [2.45, 2.75) is 32.2 Å². The molecule has 146 valence electrons. The number of unbranched alkanes of at least 4 members (excludes halogenated alkanes) is 2. The first-order valence-electron chi connectivity index (χ1n) is 10.1. The zero-order valence-electron chi connectivity index (χ0n) is 16.8. The highest BCUT2D eigenvalue weighted by Crippen LogP contribution is 2.17. The number of benzene rings is 2. The molecule has 0 bridgehead atoms. The van der Waals surface area contributed by atoms with E-state index in [1.165, 1.54) is 19.3 Å². The Bertz CT molecular complexity index is 895. The molecule has 0 aliphatic carbocycles. The second-order valence-electron chi connectivity index (χ2n) is 7.32. The quantitative estimate of drug-likeness (QED) is 0.545. The maximum Gasteiger partial charge on any atom is 0.251 e. The molecule has 3 aromatic rings. The third kappa shape index (κ3) is 5.40. The molecule has 0 aliphatic heterocycles. The monoisotopic (exact) mass is 375 g/mol. The first-order chi connectivity index (χ1) is 13.7. The van der Waals surface area contributed by atoms with Crippen molar-refractivity contribution in [3.63, 3.8) is 0 Å². The van der Waals surface area contributed by atoms with E-state index in [4.69, 9.17) is 0 Å². The van der Waals surface area contributed by atoms with E-state index in [9.17, 15) is 4.79 Å². The molecule has 0 saturated carbocycles. The minimum absolute atomic E-state index is 0.0510. The molecule has 0 saturated heterocycles. The summed E-state index contributed by atoms with van der Waals surface area (Å²) >= 11 is 0. The number of hydrogen-bond acceptors (Lipinski definition) is 3. The van der Waals surface area contributed by atoms with Gasteiger partial charge in [0, 0.05) is 23.7 Å². The molecule has 0 radical (unpaired) electrons. The maximum absolute atomic E-state index is 13.0. The van der Waals surface area contributed by atoms with Crippen LogP contribution in [0.3, 0.4) is 0 Å². The lowest BCUT2D eigenvalue weighted by Crippen LogP contribution is -2.37. The van der Waals surface area contributed by atoms with E-state index in [2.05, 4.69) is 41.3 Å². The molecule has 1 N–H and O–H groups in total. The average molecular weight is 376 g/mol. The van der Waals surface area contributed by atoms with Crippen LogP contribution in [0.5, 0.6) is 0 Å². The van der Waals surface area contributed by atoms with Crippen molar-refractivity contribution >= 4 is 16.8 Å². The van der Waals surface area contributed by atoms with Gasteiger partial charge in [0.15, 0.2) is 0 Å². The van der Waals surface area contributed by atoms with Crippen molar-refractivity contribution < 1.29 is 4.79 Å². The van der Waals surface area contributed by atoms with Crippen LogP contribution in [0.2, 0.25) is 0 Å². The van der Waals surface area contributed by atoms with Gasteiger partial charge in [-0.25, -0.2) is 0 Å². The number of fused-ring (bicyclic) bond motifs is 1. The summed E-state index contributed by atoms with van der Waals surface area (Å²) in [5.74, 6) is -0.0541. The van der Waals surface area contributed by atoms with Crippen LogP contribution >= 0.6 is 0 Å². The summed E-state index contributed by atoms with van der Waals surface area (Å²) in [5, 5.41) is 4.21. The van der Waals surface area contributed by atoms with Gasteiger partial charge >= 0.3 is 0 Å². The summed E-state index contributed by atoms with van der Waals surface area (Å²) in [6, 6.07) is 19.7. The van der Waals surface area contributed by atoms with Gasteiger partial charge in [-0.2, -0.15) is 0 Å². The van der Waals surface area contributed by atoms with Crippen LogP contribution in [0.15, 0.2) is 66.9 Å². The van der Waals surface area contributed by atoms with E-state index in [1.807, 2.05) is 48.5 Å². The van der Waals surface area contributed by atoms with Crippen LogP contribution < -0.4 is 5.32 Å². The number of carbonyl (C=O) groups excluding carboxylic acids is 1. The molecule has 1 atom stereocenters. The molecule has 1 heterocycles. The maximum atomic E-state index is 13.0. The number of aromatic nitrogens is 1. The van der Waals surface area contributed by atoms with Crippen LogP contribution in [-0.2, 0) is 0 Å². The highest BCUT2D eigenvalue weighted by Gasteiger charge is 2.18. The zero-order valence-corrected chi connectivity index (χ0v) is 16.8. The molecule has 0 spiro atoms. The Morgan fingerprint density at radius 2 is 1.89 bits per heavy atom. The molecule has 1 aromatic heterocycles. The number of carbonyl (C=O) groups is 1. The first-order valence-corrected chi connectivity index (χ1v) is 10.1. The van der Waals surface area contributed by atoms with Crippen molar-refractivity contribution in [1.29, 1.82) is 0 Å². The van der Waals surface area contributed by atoms with Crippen LogP contribution in [-0.4, -0.2) is 35.9 Å². The largest absolute Gasteiger partial charge is 0.344 e. The highest BCUT2D eigenvalue weighted by molar-refractivity contribution is 5.98. The van der Waals surface area contributed by atoms with Gasteiger partial charge < -0.3 is 10.2 Å². The normalized spacial score (nSPS) is 12.2. The van der Waals surface area contributed by atoms with Gasteiger partial charge in [-0.1, -0.05) is 56.2 Å². The number of nitrogens with zero attached hydrogens (tertiary/aromatic N) is 2. The molecule has 0 fully saturated rings. The van der Waals surface area contributed by atoms with Crippen LogP contribution in [0, 0.1) is 0 Å². The minimum Gasteiger partial charge on any atom is -0.344 e. The van der Waals surface area contributed by atoms with Crippen molar-refractivity contribution in [1.82, 2.24) is 15.2 Å². The predicted molar refractivity (Wildman–Crippen MR) is 115 cm³/mol. The minimum atomic E-state index is -0.0541. The summed E-state index contributed by atoms with van der Waals surface area (Å²) in [6.07, 6.45) is 5.39. The standard InChI is InChI=1S/C24H29N3O/c1-3-4-8-16-27(2)18-23(19-10-6-5-7-11-19)26-24(28)21-13-14-22-20(17-21)12-9-15-25-22/h5-7,9-15,17,23H,3-4,8,16,18H2,1-2H3,(H,26,28). The van der Waals surface area contributed by atoms with Crippen molar-refractivity contribution in [3.8, 4) is 0 Å². The Morgan fingerprint density at radius 1 is 1.07 bits per heavy atom. The second kappa shape index (κ2) is 10.00. The summed E-state index contributed by atoms with van der Waals surface area (Å²) in [6.45, 7) is 4.04. The Kier molecular flexibility index (Phi) is 7.15. The number of rotatable bonds is 9. The fourth-order valence-corrected chi connectivity index (χ4v) is 3.41.